The van der Waals surface area contributed by atoms with Crippen molar-refractivity contribution >= 4 is 34.0 Å². The molecule has 0 aliphatic heterocycles. The van der Waals surface area contributed by atoms with Crippen molar-refractivity contribution in [3.05, 3.63) is 84.4 Å². The molecule has 25 heavy (non-hydrogen) atoms. The zero-order valence-corrected chi connectivity index (χ0v) is 14.9. The number of hydrogen-bond donors (Lipinski definition) is 0. The lowest BCUT2D eigenvalue weighted by atomic mass is 10.0. The maximum atomic E-state index is 4.59. The summed E-state index contributed by atoms with van der Waals surface area (Å²) in [6, 6.07) is 21.2. The average Bonchev–Trinajstić information content (AvgIpc) is 2.65. The predicted molar refractivity (Wildman–Crippen MR) is 107 cm³/mol. The summed E-state index contributed by atoms with van der Waals surface area (Å²) in [4.78, 5) is 9.17. The Morgan fingerprint density at radius 1 is 0.560 bits per heavy atom. The quantitative estimate of drug-likeness (QED) is 0.428. The molecule has 0 radical (unpaired) electrons. The van der Waals surface area contributed by atoms with Crippen molar-refractivity contribution < 1.29 is 0 Å². The molecule has 4 rings (SSSR count). The highest BCUT2D eigenvalue weighted by Crippen LogP contribution is 2.20. The highest BCUT2D eigenvalue weighted by atomic mass is 35.5. The van der Waals surface area contributed by atoms with Gasteiger partial charge in [-0.05, 0) is 48.6 Å². The summed E-state index contributed by atoms with van der Waals surface area (Å²) < 4.78 is 0. The molecule has 0 atom stereocenters. The van der Waals surface area contributed by atoms with Gasteiger partial charge in [-0.1, -0.05) is 48.5 Å². The van der Waals surface area contributed by atoms with E-state index in [9.17, 15) is 0 Å². The maximum absolute atomic E-state index is 4.59. The second kappa shape index (κ2) is 8.09. The molecule has 0 aliphatic carbocycles. The molecular weight excluding hydrogens is 328 g/mol. The number of benzene rings is 2. The van der Waals surface area contributed by atoms with Crippen LogP contribution < -0.4 is 0 Å². The van der Waals surface area contributed by atoms with Gasteiger partial charge < -0.3 is 0 Å². The van der Waals surface area contributed by atoms with E-state index < -0.39 is 0 Å². The normalized spacial score (nSPS) is 10.7. The highest BCUT2D eigenvalue weighted by Gasteiger charge is 2.04. The van der Waals surface area contributed by atoms with Crippen LogP contribution in [0.3, 0.4) is 0 Å². The summed E-state index contributed by atoms with van der Waals surface area (Å²) in [6.07, 6.45) is 8.14. The zero-order chi connectivity index (χ0) is 16.2. The number of rotatable bonds is 5. The summed E-state index contributed by atoms with van der Waals surface area (Å²) >= 11 is 0. The summed E-state index contributed by atoms with van der Waals surface area (Å²) in [7, 11) is 0. The van der Waals surface area contributed by atoms with E-state index in [2.05, 4.69) is 70.6 Å². The van der Waals surface area contributed by atoms with Crippen molar-refractivity contribution in [3.63, 3.8) is 0 Å². The number of halogens is 1. The number of fused-ring (bicyclic) bond motifs is 2. The predicted octanol–water partition coefficient (Wildman–Crippen LogP) is 5.77. The third-order valence-corrected chi connectivity index (χ3v) is 4.59. The van der Waals surface area contributed by atoms with E-state index in [1.807, 2.05) is 12.4 Å². The molecule has 0 fully saturated rings. The number of unbranched alkanes of at least 4 members (excludes halogenated alkanes) is 1. The molecule has 0 unspecified atom stereocenters. The smallest absolute Gasteiger partial charge is 0.0481 e. The van der Waals surface area contributed by atoms with Gasteiger partial charge >= 0.3 is 0 Å². The van der Waals surface area contributed by atoms with Gasteiger partial charge in [-0.3, -0.25) is 9.97 Å². The molecule has 0 aliphatic rings. The maximum Gasteiger partial charge on any atom is 0.0481 e. The molecule has 2 heterocycles. The van der Waals surface area contributed by atoms with Crippen LogP contribution in [0.1, 0.15) is 24.2 Å². The van der Waals surface area contributed by atoms with E-state index in [1.165, 1.54) is 32.9 Å². The minimum Gasteiger partial charge on any atom is -0.261 e. The van der Waals surface area contributed by atoms with Crippen molar-refractivity contribution in [2.45, 2.75) is 25.7 Å². The van der Waals surface area contributed by atoms with Crippen LogP contribution in [-0.4, -0.2) is 9.97 Å². The van der Waals surface area contributed by atoms with Gasteiger partial charge in [-0.2, -0.15) is 0 Å². The third kappa shape index (κ3) is 3.80. The number of aromatic nitrogens is 2. The van der Waals surface area contributed by atoms with Crippen molar-refractivity contribution in [3.8, 4) is 0 Å². The van der Waals surface area contributed by atoms with Gasteiger partial charge in [-0.15, -0.1) is 12.4 Å². The van der Waals surface area contributed by atoms with Crippen LogP contribution in [0.2, 0.25) is 0 Å². The lowest BCUT2D eigenvalue weighted by Gasteiger charge is -2.07. The summed E-state index contributed by atoms with van der Waals surface area (Å²) in [5.41, 5.74) is 2.41. The number of pyridine rings is 2. The first-order chi connectivity index (χ1) is 11.9. The number of hydrogen-bond acceptors (Lipinski definition) is 2. The Morgan fingerprint density at radius 2 is 1.00 bits per heavy atom. The lowest BCUT2D eigenvalue weighted by Crippen LogP contribution is -1.95. The summed E-state index contributed by atoms with van der Waals surface area (Å²) in [6.45, 7) is 0. The van der Waals surface area contributed by atoms with Crippen LogP contribution in [0.4, 0.5) is 0 Å². The summed E-state index contributed by atoms with van der Waals surface area (Å²) in [5, 5.41) is 5.11. The molecule has 0 saturated heterocycles. The van der Waals surface area contributed by atoms with Crippen LogP contribution in [0, 0.1) is 0 Å². The summed E-state index contributed by atoms with van der Waals surface area (Å²) in [5.74, 6) is 0. The van der Waals surface area contributed by atoms with Crippen molar-refractivity contribution in [2.24, 2.45) is 0 Å². The first-order valence-electron chi connectivity index (χ1n) is 8.57. The minimum atomic E-state index is 0. The van der Waals surface area contributed by atoms with Crippen molar-refractivity contribution in [1.29, 1.82) is 0 Å². The Labute approximate surface area is 154 Å². The Kier molecular flexibility index (Phi) is 5.62. The first kappa shape index (κ1) is 17.4. The van der Waals surface area contributed by atoms with Gasteiger partial charge in [0.15, 0.2) is 0 Å². The second-order valence-electron chi connectivity index (χ2n) is 6.16. The molecular formula is C22H21ClN2. The molecule has 2 aromatic heterocycles. The van der Waals surface area contributed by atoms with Crippen LogP contribution in [-0.2, 0) is 12.8 Å². The van der Waals surface area contributed by atoms with Crippen molar-refractivity contribution in [2.75, 3.05) is 0 Å². The fourth-order valence-corrected chi connectivity index (χ4v) is 3.35. The Balaban J connectivity index is 0.00000182. The van der Waals surface area contributed by atoms with E-state index in [1.54, 1.807) is 0 Å². The largest absolute Gasteiger partial charge is 0.261 e. The molecule has 0 N–H and O–H groups in total. The first-order valence-corrected chi connectivity index (χ1v) is 8.57. The molecule has 126 valence electrons. The number of aryl methyl sites for hydroxylation is 2. The van der Waals surface area contributed by atoms with E-state index in [0.29, 0.717) is 0 Å². The van der Waals surface area contributed by atoms with E-state index in [4.69, 9.17) is 0 Å². The molecule has 3 heteroatoms. The molecule has 4 aromatic rings. The van der Waals surface area contributed by atoms with Crippen LogP contribution in [0.5, 0.6) is 0 Å². The third-order valence-electron chi connectivity index (χ3n) is 4.59. The Hall–Kier alpha value is -2.45. The van der Waals surface area contributed by atoms with E-state index >= 15 is 0 Å². The monoisotopic (exact) mass is 348 g/mol. The SMILES string of the molecule is Cl.c1ccc2c(CCCCc3nccc4ccccc34)nccc2c1. The molecule has 0 amide bonds. The number of nitrogens with zero attached hydrogens (tertiary/aromatic N) is 2. The van der Waals surface area contributed by atoms with Crippen molar-refractivity contribution in [1.82, 2.24) is 9.97 Å². The molecule has 2 aromatic carbocycles. The van der Waals surface area contributed by atoms with Gasteiger partial charge in [0.1, 0.15) is 0 Å². The van der Waals surface area contributed by atoms with Crippen LogP contribution >= 0.6 is 12.4 Å². The molecule has 0 spiro atoms. The molecule has 0 bridgehead atoms. The lowest BCUT2D eigenvalue weighted by molar-refractivity contribution is 0.719. The van der Waals surface area contributed by atoms with Gasteiger partial charge in [0.05, 0.1) is 0 Å². The Bertz CT molecular complexity index is 890. The fraction of sp³-hybridized carbons (Fsp3) is 0.182. The average molecular weight is 349 g/mol. The fourth-order valence-electron chi connectivity index (χ4n) is 3.35. The minimum absolute atomic E-state index is 0. The van der Waals surface area contributed by atoms with Gasteiger partial charge in [0.2, 0.25) is 0 Å². The van der Waals surface area contributed by atoms with Gasteiger partial charge in [0.25, 0.3) is 0 Å². The van der Waals surface area contributed by atoms with E-state index in [0.717, 1.165) is 25.7 Å². The topological polar surface area (TPSA) is 25.8 Å². The highest BCUT2D eigenvalue weighted by molar-refractivity contribution is 5.85. The van der Waals surface area contributed by atoms with Gasteiger partial charge in [-0.25, -0.2) is 0 Å². The molecule has 2 nitrogen and oxygen atoms in total. The molecule has 0 saturated carbocycles. The zero-order valence-electron chi connectivity index (χ0n) is 14.1. The van der Waals surface area contributed by atoms with Crippen LogP contribution in [0.25, 0.3) is 21.5 Å². The standard InChI is InChI=1S/C22H20N2.ClH/c1-3-9-19-17(7-1)13-15-23-21(19)11-5-6-12-22-20-10-4-2-8-18(20)14-16-24-22;/h1-4,7-10,13-16H,5-6,11-12H2;1H. The van der Waals surface area contributed by atoms with E-state index in [-0.39, 0.29) is 12.4 Å². The second-order valence-corrected chi connectivity index (χ2v) is 6.16. The van der Waals surface area contributed by atoms with Crippen LogP contribution in [0.15, 0.2) is 73.1 Å². The van der Waals surface area contributed by atoms with Gasteiger partial charge in [0, 0.05) is 34.6 Å². The Morgan fingerprint density at radius 3 is 1.48 bits per heavy atom.